The summed E-state index contributed by atoms with van der Waals surface area (Å²) in [5.41, 5.74) is 6.08. The molecule has 0 atom stereocenters. The normalized spacial score (nSPS) is 18.2. The largest absolute Gasteiger partial charge is 0.393 e. The Balaban J connectivity index is 1.61. The van der Waals surface area contributed by atoms with Gasteiger partial charge in [-0.1, -0.05) is 19.9 Å². The fourth-order valence-corrected chi connectivity index (χ4v) is 4.74. The second-order valence-electron chi connectivity index (χ2n) is 9.24. The van der Waals surface area contributed by atoms with Crippen LogP contribution in [-0.2, 0) is 0 Å². The summed E-state index contributed by atoms with van der Waals surface area (Å²) < 4.78 is 1.88. The zero-order valence-electron chi connectivity index (χ0n) is 19.4. The van der Waals surface area contributed by atoms with E-state index in [-0.39, 0.29) is 18.1 Å². The number of anilines is 1. The van der Waals surface area contributed by atoms with Crippen molar-refractivity contribution in [2.45, 2.75) is 57.6 Å². The van der Waals surface area contributed by atoms with E-state index in [2.05, 4.69) is 30.2 Å². The summed E-state index contributed by atoms with van der Waals surface area (Å²) in [6.45, 7) is 4.27. The SMILES string of the molecule is CC(C)c1nn(-c2ccc(C#N)c(NC3CCC(O)CC3)c2)c2nccc(-c3cccnc3)c12. The molecular formula is C27H28N6O. The van der Waals surface area contributed by atoms with E-state index < -0.39 is 0 Å². The van der Waals surface area contributed by atoms with Gasteiger partial charge in [0, 0.05) is 30.2 Å². The molecule has 1 saturated carbocycles. The predicted molar refractivity (Wildman–Crippen MR) is 133 cm³/mol. The summed E-state index contributed by atoms with van der Waals surface area (Å²) in [5, 5.41) is 29.1. The van der Waals surface area contributed by atoms with E-state index in [9.17, 15) is 10.4 Å². The lowest BCUT2D eigenvalue weighted by Crippen LogP contribution is -2.28. The Labute approximate surface area is 199 Å². The van der Waals surface area contributed by atoms with Gasteiger partial charge in [-0.2, -0.15) is 10.4 Å². The van der Waals surface area contributed by atoms with E-state index in [0.29, 0.717) is 5.56 Å². The number of aromatic nitrogens is 4. The Morgan fingerprint density at radius 3 is 2.65 bits per heavy atom. The van der Waals surface area contributed by atoms with Gasteiger partial charge in [-0.15, -0.1) is 0 Å². The smallest absolute Gasteiger partial charge is 0.163 e. The van der Waals surface area contributed by atoms with Gasteiger partial charge < -0.3 is 10.4 Å². The van der Waals surface area contributed by atoms with Gasteiger partial charge in [0.25, 0.3) is 0 Å². The van der Waals surface area contributed by atoms with Crippen molar-refractivity contribution >= 4 is 16.7 Å². The molecule has 1 aliphatic carbocycles. The first-order valence-electron chi connectivity index (χ1n) is 11.8. The molecule has 7 heteroatoms. The highest BCUT2D eigenvalue weighted by molar-refractivity contribution is 5.95. The fraction of sp³-hybridized carbons (Fsp3) is 0.333. The van der Waals surface area contributed by atoms with Crippen molar-refractivity contribution in [3.8, 4) is 22.9 Å². The minimum absolute atomic E-state index is 0.202. The molecule has 1 aromatic carbocycles. The number of pyridine rings is 2. The van der Waals surface area contributed by atoms with Crippen LogP contribution in [0.2, 0.25) is 0 Å². The lowest BCUT2D eigenvalue weighted by Gasteiger charge is -2.27. The molecule has 0 spiro atoms. The van der Waals surface area contributed by atoms with E-state index in [4.69, 9.17) is 10.1 Å². The molecule has 0 bridgehead atoms. The Hall–Kier alpha value is -3.76. The maximum Gasteiger partial charge on any atom is 0.163 e. The number of nitriles is 1. The number of hydrogen-bond acceptors (Lipinski definition) is 6. The summed E-state index contributed by atoms with van der Waals surface area (Å²) in [6.07, 6.45) is 8.55. The van der Waals surface area contributed by atoms with Gasteiger partial charge in [-0.3, -0.25) is 4.98 Å². The second-order valence-corrected chi connectivity index (χ2v) is 9.24. The molecule has 3 aromatic heterocycles. The third-order valence-electron chi connectivity index (χ3n) is 6.54. The average molecular weight is 453 g/mol. The van der Waals surface area contributed by atoms with Crippen molar-refractivity contribution in [1.29, 1.82) is 5.26 Å². The van der Waals surface area contributed by atoms with Crippen LogP contribution < -0.4 is 5.32 Å². The highest BCUT2D eigenvalue weighted by Crippen LogP contribution is 2.35. The molecule has 34 heavy (non-hydrogen) atoms. The van der Waals surface area contributed by atoms with E-state index in [0.717, 1.165) is 64.9 Å². The molecule has 5 rings (SSSR count). The molecule has 7 nitrogen and oxygen atoms in total. The number of fused-ring (bicyclic) bond motifs is 1. The van der Waals surface area contributed by atoms with Crippen LogP contribution in [0.4, 0.5) is 5.69 Å². The lowest BCUT2D eigenvalue weighted by molar-refractivity contribution is 0.126. The third-order valence-corrected chi connectivity index (χ3v) is 6.54. The summed E-state index contributed by atoms with van der Waals surface area (Å²) in [5.74, 6) is 0.202. The van der Waals surface area contributed by atoms with Gasteiger partial charge in [-0.05, 0) is 67.5 Å². The minimum Gasteiger partial charge on any atom is -0.393 e. The maximum absolute atomic E-state index is 9.84. The van der Waals surface area contributed by atoms with Gasteiger partial charge >= 0.3 is 0 Å². The molecular weight excluding hydrogens is 424 g/mol. The van der Waals surface area contributed by atoms with Crippen LogP contribution in [0.15, 0.2) is 55.0 Å². The quantitative estimate of drug-likeness (QED) is 0.432. The number of nitrogens with zero attached hydrogens (tertiary/aromatic N) is 5. The Bertz CT molecular complexity index is 1350. The first-order chi connectivity index (χ1) is 16.5. The molecule has 1 fully saturated rings. The average Bonchev–Trinajstić information content (AvgIpc) is 3.26. The van der Waals surface area contributed by atoms with Crippen LogP contribution in [0.3, 0.4) is 0 Å². The fourth-order valence-electron chi connectivity index (χ4n) is 4.74. The summed E-state index contributed by atoms with van der Waals surface area (Å²) in [6, 6.07) is 14.3. The molecule has 2 N–H and O–H groups in total. The van der Waals surface area contributed by atoms with Crippen LogP contribution in [0.25, 0.3) is 27.8 Å². The van der Waals surface area contributed by atoms with Crippen molar-refractivity contribution in [3.05, 3.63) is 66.2 Å². The highest BCUT2D eigenvalue weighted by Gasteiger charge is 2.22. The van der Waals surface area contributed by atoms with Crippen molar-refractivity contribution < 1.29 is 5.11 Å². The van der Waals surface area contributed by atoms with E-state index in [1.165, 1.54) is 0 Å². The molecule has 172 valence electrons. The van der Waals surface area contributed by atoms with Crippen LogP contribution in [0, 0.1) is 11.3 Å². The maximum atomic E-state index is 9.84. The molecule has 1 aliphatic rings. The molecule has 0 amide bonds. The molecule has 3 heterocycles. The minimum atomic E-state index is -0.218. The van der Waals surface area contributed by atoms with Gasteiger partial charge in [-0.25, -0.2) is 9.67 Å². The first kappa shape index (κ1) is 22.1. The second kappa shape index (κ2) is 9.24. The Morgan fingerprint density at radius 1 is 1.12 bits per heavy atom. The topological polar surface area (TPSA) is 99.7 Å². The molecule has 0 saturated heterocycles. The zero-order chi connectivity index (χ0) is 23.7. The van der Waals surface area contributed by atoms with Crippen LogP contribution in [0.5, 0.6) is 0 Å². The van der Waals surface area contributed by atoms with E-state index in [1.807, 2.05) is 53.5 Å². The van der Waals surface area contributed by atoms with E-state index >= 15 is 0 Å². The van der Waals surface area contributed by atoms with Gasteiger partial charge in [0.05, 0.1) is 34.1 Å². The third kappa shape index (κ3) is 4.13. The molecule has 0 radical (unpaired) electrons. The van der Waals surface area contributed by atoms with Gasteiger partial charge in [0.15, 0.2) is 5.65 Å². The van der Waals surface area contributed by atoms with Gasteiger partial charge in [0.2, 0.25) is 0 Å². The zero-order valence-corrected chi connectivity index (χ0v) is 19.4. The number of hydrogen-bond donors (Lipinski definition) is 2. The number of benzene rings is 1. The van der Waals surface area contributed by atoms with Crippen LogP contribution in [0.1, 0.15) is 56.7 Å². The van der Waals surface area contributed by atoms with Gasteiger partial charge in [0.1, 0.15) is 6.07 Å². The Kier molecular flexibility index (Phi) is 5.99. The van der Waals surface area contributed by atoms with E-state index in [1.54, 1.807) is 6.20 Å². The van der Waals surface area contributed by atoms with Crippen molar-refractivity contribution in [2.24, 2.45) is 0 Å². The molecule has 0 unspecified atom stereocenters. The number of aliphatic hydroxyl groups excluding tert-OH is 1. The van der Waals surface area contributed by atoms with Crippen molar-refractivity contribution in [2.75, 3.05) is 5.32 Å². The summed E-state index contributed by atoms with van der Waals surface area (Å²) in [4.78, 5) is 9.01. The summed E-state index contributed by atoms with van der Waals surface area (Å²) in [7, 11) is 0. The number of nitrogens with one attached hydrogen (secondary N) is 1. The highest BCUT2D eigenvalue weighted by atomic mass is 16.3. The monoisotopic (exact) mass is 452 g/mol. The standard InChI is InChI=1S/C27H28N6O/c1-17(2)26-25-23(19-4-3-12-29-16-19)11-13-30-27(25)33(32-26)21-8-5-18(15-28)24(14-21)31-20-6-9-22(34)10-7-20/h3-5,8,11-14,16-17,20,22,31,34H,6-7,9-10H2,1-2H3. The molecule has 4 aromatic rings. The predicted octanol–water partition coefficient (Wildman–Crippen LogP) is 5.19. The number of rotatable bonds is 5. The lowest BCUT2D eigenvalue weighted by atomic mass is 9.93. The number of aliphatic hydroxyl groups is 1. The van der Waals surface area contributed by atoms with Crippen molar-refractivity contribution in [3.63, 3.8) is 0 Å². The van der Waals surface area contributed by atoms with Crippen LogP contribution >= 0.6 is 0 Å². The van der Waals surface area contributed by atoms with Crippen molar-refractivity contribution in [1.82, 2.24) is 19.7 Å². The van der Waals surface area contributed by atoms with Crippen LogP contribution in [-0.4, -0.2) is 37.0 Å². The summed E-state index contributed by atoms with van der Waals surface area (Å²) >= 11 is 0. The molecule has 0 aliphatic heterocycles. The Morgan fingerprint density at radius 2 is 1.94 bits per heavy atom. The first-order valence-corrected chi connectivity index (χ1v) is 11.8.